The first kappa shape index (κ1) is 14.0. The molecule has 0 spiro atoms. The van der Waals surface area contributed by atoms with Crippen LogP contribution in [-0.4, -0.2) is 30.0 Å². The maximum atomic E-state index is 12.8. The first-order chi connectivity index (χ1) is 10.8. The molecule has 1 saturated heterocycles. The van der Waals surface area contributed by atoms with E-state index in [9.17, 15) is 4.79 Å². The fraction of sp³-hybridized carbons (Fsp3) is 0.667. The Labute approximate surface area is 132 Å². The molecule has 0 radical (unpaired) electrons. The number of carbonyl (C=O) groups is 1. The van der Waals surface area contributed by atoms with Crippen molar-refractivity contribution < 1.29 is 4.79 Å². The van der Waals surface area contributed by atoms with E-state index < -0.39 is 0 Å². The molecule has 4 nitrogen and oxygen atoms in total. The first-order valence-electron chi connectivity index (χ1n) is 8.85. The second-order valence-electron chi connectivity index (χ2n) is 7.03. The summed E-state index contributed by atoms with van der Waals surface area (Å²) in [6.45, 7) is 1.93. The van der Waals surface area contributed by atoms with Crippen LogP contribution in [0.2, 0.25) is 0 Å². The summed E-state index contributed by atoms with van der Waals surface area (Å²) in [5.41, 5.74) is 1.03. The van der Waals surface area contributed by atoms with Gasteiger partial charge in [-0.2, -0.15) is 0 Å². The van der Waals surface area contributed by atoms with Crippen molar-refractivity contribution in [1.29, 1.82) is 0 Å². The summed E-state index contributed by atoms with van der Waals surface area (Å²) >= 11 is 0. The molecule has 1 aromatic rings. The number of carbonyl (C=O) groups excluding carboxylic acids is 1. The van der Waals surface area contributed by atoms with Crippen LogP contribution in [0.4, 0.5) is 11.5 Å². The molecule has 1 atom stereocenters. The first-order valence-corrected chi connectivity index (χ1v) is 8.85. The van der Waals surface area contributed by atoms with Crippen molar-refractivity contribution in [3.63, 3.8) is 0 Å². The van der Waals surface area contributed by atoms with E-state index in [0.717, 1.165) is 36.9 Å². The normalized spacial score (nSPS) is 24.5. The van der Waals surface area contributed by atoms with Crippen LogP contribution in [0.25, 0.3) is 0 Å². The summed E-state index contributed by atoms with van der Waals surface area (Å²) in [7, 11) is 0. The van der Waals surface area contributed by atoms with Gasteiger partial charge in [0.15, 0.2) is 5.82 Å². The van der Waals surface area contributed by atoms with Crippen LogP contribution in [0.15, 0.2) is 18.3 Å². The Morgan fingerprint density at radius 2 is 2.09 bits per heavy atom. The zero-order valence-corrected chi connectivity index (χ0v) is 13.2. The number of anilines is 2. The Morgan fingerprint density at radius 3 is 2.95 bits per heavy atom. The zero-order valence-electron chi connectivity index (χ0n) is 13.2. The molecule has 0 bridgehead atoms. The average Bonchev–Trinajstić information content (AvgIpc) is 3.23. The highest BCUT2D eigenvalue weighted by atomic mass is 16.2. The van der Waals surface area contributed by atoms with Gasteiger partial charge in [0.1, 0.15) is 0 Å². The number of nitrogens with zero attached hydrogens (tertiary/aromatic N) is 3. The number of rotatable bonds is 3. The Morgan fingerprint density at radius 1 is 1.23 bits per heavy atom. The monoisotopic (exact) mass is 299 g/mol. The molecule has 22 heavy (non-hydrogen) atoms. The Balaban J connectivity index is 1.51. The van der Waals surface area contributed by atoms with Crippen LogP contribution in [0, 0.1) is 5.92 Å². The van der Waals surface area contributed by atoms with Gasteiger partial charge in [-0.25, -0.2) is 4.98 Å². The molecule has 2 aliphatic heterocycles. The summed E-state index contributed by atoms with van der Waals surface area (Å²) in [4.78, 5) is 21.8. The van der Waals surface area contributed by atoms with Gasteiger partial charge in [0.2, 0.25) is 5.91 Å². The fourth-order valence-corrected chi connectivity index (χ4v) is 4.43. The Hall–Kier alpha value is -1.58. The molecule has 0 N–H and O–H groups in total. The quantitative estimate of drug-likeness (QED) is 0.858. The standard InChI is InChI=1S/C18H25N3O/c22-17(10-9-14-5-1-2-6-14)21-13-15-7-4-12-20(15)18-16(21)8-3-11-19-18/h3,8,11,14-15H,1-2,4-7,9-10,12-13H2/t15-/m1/s1. The molecule has 118 valence electrons. The van der Waals surface area contributed by atoms with E-state index in [0.29, 0.717) is 18.4 Å². The number of hydrogen-bond acceptors (Lipinski definition) is 3. The molecular weight excluding hydrogens is 274 g/mol. The SMILES string of the molecule is O=C(CCC1CCCC1)N1C[C@H]2CCCN2c2ncccc21. The second-order valence-corrected chi connectivity index (χ2v) is 7.03. The Kier molecular flexibility index (Phi) is 3.77. The van der Waals surface area contributed by atoms with Gasteiger partial charge in [-0.15, -0.1) is 0 Å². The van der Waals surface area contributed by atoms with Crippen LogP contribution in [0.5, 0.6) is 0 Å². The van der Waals surface area contributed by atoms with E-state index >= 15 is 0 Å². The lowest BCUT2D eigenvalue weighted by Crippen LogP contribution is -2.48. The second kappa shape index (κ2) is 5.90. The van der Waals surface area contributed by atoms with Gasteiger partial charge >= 0.3 is 0 Å². The number of amides is 1. The summed E-state index contributed by atoms with van der Waals surface area (Å²) < 4.78 is 0. The summed E-state index contributed by atoms with van der Waals surface area (Å²) in [6.07, 6.45) is 11.4. The van der Waals surface area contributed by atoms with Gasteiger partial charge in [0, 0.05) is 31.7 Å². The molecule has 0 unspecified atom stereocenters. The van der Waals surface area contributed by atoms with Crippen molar-refractivity contribution in [3.8, 4) is 0 Å². The molecule has 4 rings (SSSR count). The molecule has 1 aliphatic carbocycles. The minimum absolute atomic E-state index is 0.299. The number of hydrogen-bond donors (Lipinski definition) is 0. The van der Waals surface area contributed by atoms with Crippen molar-refractivity contribution in [2.45, 2.75) is 57.4 Å². The molecule has 3 heterocycles. The summed E-state index contributed by atoms with van der Waals surface area (Å²) in [5, 5.41) is 0. The van der Waals surface area contributed by atoms with Crippen LogP contribution in [-0.2, 0) is 4.79 Å². The van der Waals surface area contributed by atoms with E-state index in [-0.39, 0.29) is 0 Å². The number of pyridine rings is 1. The molecule has 0 aromatic carbocycles. The maximum Gasteiger partial charge on any atom is 0.227 e. The predicted octanol–water partition coefficient (Wildman–Crippen LogP) is 3.37. The highest BCUT2D eigenvalue weighted by molar-refractivity contribution is 5.97. The lowest BCUT2D eigenvalue weighted by molar-refractivity contribution is -0.119. The van der Waals surface area contributed by atoms with Crippen molar-refractivity contribution in [3.05, 3.63) is 18.3 Å². The summed E-state index contributed by atoms with van der Waals surface area (Å²) in [5.74, 6) is 2.10. The summed E-state index contributed by atoms with van der Waals surface area (Å²) in [6, 6.07) is 4.48. The van der Waals surface area contributed by atoms with Gasteiger partial charge in [-0.3, -0.25) is 4.79 Å². The smallest absolute Gasteiger partial charge is 0.227 e. The largest absolute Gasteiger partial charge is 0.350 e. The predicted molar refractivity (Wildman–Crippen MR) is 88.2 cm³/mol. The number of aromatic nitrogens is 1. The van der Waals surface area contributed by atoms with Gasteiger partial charge in [0.05, 0.1) is 5.69 Å². The van der Waals surface area contributed by atoms with Gasteiger partial charge < -0.3 is 9.80 Å². The van der Waals surface area contributed by atoms with Crippen LogP contribution < -0.4 is 9.80 Å². The molecule has 1 amide bonds. The van der Waals surface area contributed by atoms with Crippen molar-refractivity contribution in [2.24, 2.45) is 5.92 Å². The minimum atomic E-state index is 0.299. The molecule has 1 aromatic heterocycles. The minimum Gasteiger partial charge on any atom is -0.350 e. The Bertz CT molecular complexity index is 553. The zero-order chi connectivity index (χ0) is 14.9. The van der Waals surface area contributed by atoms with Gasteiger partial charge in [-0.05, 0) is 37.3 Å². The molecule has 2 fully saturated rings. The van der Waals surface area contributed by atoms with Crippen LogP contribution >= 0.6 is 0 Å². The lowest BCUT2D eigenvalue weighted by atomic mass is 10.0. The lowest BCUT2D eigenvalue weighted by Gasteiger charge is -2.39. The van der Waals surface area contributed by atoms with Gasteiger partial charge in [-0.1, -0.05) is 25.7 Å². The molecule has 3 aliphatic rings. The van der Waals surface area contributed by atoms with Crippen molar-refractivity contribution in [1.82, 2.24) is 4.98 Å². The van der Waals surface area contributed by atoms with Crippen molar-refractivity contribution >= 4 is 17.4 Å². The van der Waals surface area contributed by atoms with E-state index in [4.69, 9.17) is 0 Å². The third kappa shape index (κ3) is 2.49. The molecule has 1 saturated carbocycles. The van der Waals surface area contributed by atoms with Crippen LogP contribution in [0.1, 0.15) is 51.4 Å². The highest BCUT2D eigenvalue weighted by Gasteiger charge is 2.36. The van der Waals surface area contributed by atoms with Gasteiger partial charge in [0.25, 0.3) is 0 Å². The fourth-order valence-electron chi connectivity index (χ4n) is 4.43. The maximum absolute atomic E-state index is 12.8. The van der Waals surface area contributed by atoms with Crippen LogP contribution in [0.3, 0.4) is 0 Å². The molecular formula is C18H25N3O. The third-order valence-electron chi connectivity index (χ3n) is 5.64. The van der Waals surface area contributed by atoms with Crippen molar-refractivity contribution in [2.75, 3.05) is 22.9 Å². The average molecular weight is 299 g/mol. The third-order valence-corrected chi connectivity index (χ3v) is 5.64. The van der Waals surface area contributed by atoms with E-state index in [1.165, 1.54) is 38.5 Å². The van der Waals surface area contributed by atoms with E-state index in [2.05, 4.69) is 16.0 Å². The van der Waals surface area contributed by atoms with E-state index in [1.807, 2.05) is 17.2 Å². The topological polar surface area (TPSA) is 36.4 Å². The number of fused-ring (bicyclic) bond motifs is 3. The molecule has 4 heteroatoms. The van der Waals surface area contributed by atoms with E-state index in [1.54, 1.807) is 0 Å². The highest BCUT2D eigenvalue weighted by Crippen LogP contribution is 2.38.